The average Bonchev–Trinajstić information content (AvgIpc) is 3.38. The van der Waals surface area contributed by atoms with E-state index in [1.54, 1.807) is 36.7 Å². The van der Waals surface area contributed by atoms with E-state index in [0.717, 1.165) is 5.56 Å². The molecular formula is C21H16N4O4. The first-order chi connectivity index (χ1) is 14.2. The van der Waals surface area contributed by atoms with Gasteiger partial charge in [0.1, 0.15) is 12.1 Å². The van der Waals surface area contributed by atoms with Crippen LogP contribution in [0.3, 0.4) is 0 Å². The van der Waals surface area contributed by atoms with E-state index in [2.05, 4.69) is 10.4 Å². The van der Waals surface area contributed by atoms with Crippen molar-refractivity contribution in [3.05, 3.63) is 77.3 Å². The van der Waals surface area contributed by atoms with Gasteiger partial charge in [-0.05, 0) is 18.2 Å². The molecule has 8 nitrogen and oxygen atoms in total. The number of nitrogens with zero attached hydrogens (tertiary/aromatic N) is 3. The molecule has 1 aliphatic rings. The highest BCUT2D eigenvalue weighted by atomic mass is 16.7. The Morgan fingerprint density at radius 2 is 1.86 bits per heavy atom. The van der Waals surface area contributed by atoms with Gasteiger partial charge in [0.25, 0.3) is 5.56 Å². The number of rotatable bonds is 4. The Morgan fingerprint density at radius 1 is 1.03 bits per heavy atom. The van der Waals surface area contributed by atoms with Gasteiger partial charge in [-0.2, -0.15) is 5.10 Å². The molecule has 144 valence electrons. The highest BCUT2D eigenvalue weighted by molar-refractivity contribution is 5.91. The highest BCUT2D eigenvalue weighted by Crippen LogP contribution is 2.34. The SMILES string of the molecule is O=C(Cn1ccn2nc(-c3ccccc3)cc2c1=O)Nc1ccc2c(c1)OCO2. The second kappa shape index (κ2) is 6.83. The Hall–Kier alpha value is -4.07. The zero-order valence-electron chi connectivity index (χ0n) is 15.2. The number of aromatic nitrogens is 3. The van der Waals surface area contributed by atoms with Gasteiger partial charge in [0.05, 0.1) is 5.69 Å². The van der Waals surface area contributed by atoms with Crippen LogP contribution in [0.15, 0.2) is 71.8 Å². The van der Waals surface area contributed by atoms with E-state index in [0.29, 0.717) is 28.4 Å². The van der Waals surface area contributed by atoms with Crippen LogP contribution in [-0.2, 0) is 11.3 Å². The van der Waals surface area contributed by atoms with Crippen LogP contribution in [0.2, 0.25) is 0 Å². The lowest BCUT2D eigenvalue weighted by molar-refractivity contribution is -0.116. The van der Waals surface area contributed by atoms with Crippen molar-refractivity contribution in [2.45, 2.75) is 6.54 Å². The predicted octanol–water partition coefficient (Wildman–Crippen LogP) is 2.53. The largest absolute Gasteiger partial charge is 0.454 e. The van der Waals surface area contributed by atoms with Crippen LogP contribution in [0.5, 0.6) is 11.5 Å². The number of fused-ring (bicyclic) bond motifs is 2. The molecule has 2 aromatic carbocycles. The lowest BCUT2D eigenvalue weighted by Crippen LogP contribution is -2.28. The standard InChI is InChI=1S/C21H16N4O4/c26-20(22-15-6-7-18-19(10-15)29-13-28-18)12-24-8-9-25-17(21(24)27)11-16(23-25)14-4-2-1-3-5-14/h1-11H,12-13H2,(H,22,26). The maximum atomic E-state index is 12.8. The molecule has 0 spiro atoms. The van der Waals surface area contributed by atoms with Gasteiger partial charge in [-0.3, -0.25) is 9.59 Å². The zero-order chi connectivity index (χ0) is 19.8. The van der Waals surface area contributed by atoms with Crippen molar-refractivity contribution in [2.75, 3.05) is 12.1 Å². The van der Waals surface area contributed by atoms with Crippen LogP contribution >= 0.6 is 0 Å². The fraction of sp³-hybridized carbons (Fsp3) is 0.0952. The van der Waals surface area contributed by atoms with Crippen molar-refractivity contribution >= 4 is 17.1 Å². The second-order valence-corrected chi connectivity index (χ2v) is 6.57. The summed E-state index contributed by atoms with van der Waals surface area (Å²) in [5.74, 6) is 0.895. The Bertz CT molecular complexity index is 1280. The van der Waals surface area contributed by atoms with Gasteiger partial charge in [-0.1, -0.05) is 30.3 Å². The van der Waals surface area contributed by atoms with E-state index in [4.69, 9.17) is 9.47 Å². The minimum atomic E-state index is -0.321. The molecule has 2 aromatic heterocycles. The Morgan fingerprint density at radius 3 is 2.72 bits per heavy atom. The van der Waals surface area contributed by atoms with Gasteiger partial charge in [0.2, 0.25) is 12.7 Å². The molecule has 0 saturated carbocycles. The zero-order valence-corrected chi connectivity index (χ0v) is 15.2. The van der Waals surface area contributed by atoms with Gasteiger partial charge in [-0.25, -0.2) is 4.52 Å². The summed E-state index contributed by atoms with van der Waals surface area (Å²) in [6.45, 7) is 0.0497. The number of hydrogen-bond donors (Lipinski definition) is 1. The lowest BCUT2D eigenvalue weighted by atomic mass is 10.1. The summed E-state index contributed by atoms with van der Waals surface area (Å²) in [7, 11) is 0. The van der Waals surface area contributed by atoms with Gasteiger partial charge in [0, 0.05) is 29.7 Å². The Kier molecular flexibility index (Phi) is 4.02. The van der Waals surface area contributed by atoms with Crippen molar-refractivity contribution in [1.29, 1.82) is 0 Å². The van der Waals surface area contributed by atoms with Crippen molar-refractivity contribution in [1.82, 2.24) is 14.2 Å². The second-order valence-electron chi connectivity index (χ2n) is 6.57. The molecule has 5 rings (SSSR count). The van der Waals surface area contributed by atoms with Gasteiger partial charge in [0.15, 0.2) is 11.5 Å². The summed E-state index contributed by atoms with van der Waals surface area (Å²) < 4.78 is 13.4. The first-order valence-corrected chi connectivity index (χ1v) is 9.01. The molecule has 3 heterocycles. The summed E-state index contributed by atoms with van der Waals surface area (Å²) in [5, 5.41) is 7.21. The normalized spacial score (nSPS) is 12.3. The topological polar surface area (TPSA) is 86.9 Å². The number of benzene rings is 2. The molecule has 0 aliphatic carbocycles. The number of anilines is 1. The highest BCUT2D eigenvalue weighted by Gasteiger charge is 2.15. The molecule has 1 N–H and O–H groups in total. The van der Waals surface area contributed by atoms with Gasteiger partial charge >= 0.3 is 0 Å². The third-order valence-electron chi connectivity index (χ3n) is 4.64. The molecular weight excluding hydrogens is 372 g/mol. The van der Waals surface area contributed by atoms with E-state index >= 15 is 0 Å². The molecule has 0 atom stereocenters. The van der Waals surface area contributed by atoms with Gasteiger partial charge < -0.3 is 19.4 Å². The van der Waals surface area contributed by atoms with Crippen molar-refractivity contribution in [2.24, 2.45) is 0 Å². The third-order valence-corrected chi connectivity index (χ3v) is 4.64. The minimum absolute atomic E-state index is 0.115. The molecule has 29 heavy (non-hydrogen) atoms. The van der Waals surface area contributed by atoms with E-state index in [1.807, 2.05) is 30.3 Å². The number of hydrogen-bond acceptors (Lipinski definition) is 5. The van der Waals surface area contributed by atoms with Crippen LogP contribution in [0, 0.1) is 0 Å². The van der Waals surface area contributed by atoms with E-state index < -0.39 is 0 Å². The van der Waals surface area contributed by atoms with Crippen LogP contribution in [-0.4, -0.2) is 26.9 Å². The predicted molar refractivity (Wildman–Crippen MR) is 106 cm³/mol. The number of nitrogens with one attached hydrogen (secondary N) is 1. The maximum absolute atomic E-state index is 12.8. The average molecular weight is 388 g/mol. The maximum Gasteiger partial charge on any atom is 0.277 e. The molecule has 0 fully saturated rings. The van der Waals surface area contributed by atoms with E-state index in [1.165, 1.54) is 9.08 Å². The molecule has 1 amide bonds. The third kappa shape index (κ3) is 3.20. The molecule has 8 heteroatoms. The number of carbonyl (C=O) groups excluding carboxylic acids is 1. The summed E-state index contributed by atoms with van der Waals surface area (Å²) >= 11 is 0. The smallest absolute Gasteiger partial charge is 0.277 e. The summed E-state index contributed by atoms with van der Waals surface area (Å²) in [6, 6.07) is 16.5. The number of amides is 1. The van der Waals surface area contributed by atoms with Crippen LogP contribution in [0.1, 0.15) is 0 Å². The monoisotopic (exact) mass is 388 g/mol. The van der Waals surface area contributed by atoms with Crippen molar-refractivity contribution in [3.8, 4) is 22.8 Å². The number of ether oxygens (including phenoxy) is 2. The molecule has 0 radical (unpaired) electrons. The van der Waals surface area contributed by atoms with Gasteiger partial charge in [-0.15, -0.1) is 0 Å². The molecule has 4 aromatic rings. The van der Waals surface area contributed by atoms with E-state index in [9.17, 15) is 9.59 Å². The summed E-state index contributed by atoms with van der Waals surface area (Å²) in [5.41, 5.74) is 2.31. The Balaban J connectivity index is 1.38. The van der Waals surface area contributed by atoms with Crippen LogP contribution in [0.25, 0.3) is 16.8 Å². The molecule has 0 bridgehead atoms. The summed E-state index contributed by atoms with van der Waals surface area (Å²) in [4.78, 5) is 25.2. The first kappa shape index (κ1) is 17.1. The summed E-state index contributed by atoms with van der Waals surface area (Å²) in [6.07, 6.45) is 3.22. The number of carbonyl (C=O) groups is 1. The van der Waals surface area contributed by atoms with E-state index in [-0.39, 0.29) is 24.8 Å². The molecule has 0 unspecified atom stereocenters. The van der Waals surface area contributed by atoms with Crippen LogP contribution < -0.4 is 20.3 Å². The lowest BCUT2D eigenvalue weighted by Gasteiger charge is -2.08. The first-order valence-electron chi connectivity index (χ1n) is 9.01. The minimum Gasteiger partial charge on any atom is -0.454 e. The van der Waals surface area contributed by atoms with Crippen LogP contribution in [0.4, 0.5) is 5.69 Å². The Labute approximate surface area is 164 Å². The molecule has 0 saturated heterocycles. The van der Waals surface area contributed by atoms with Crippen molar-refractivity contribution < 1.29 is 14.3 Å². The molecule has 1 aliphatic heterocycles. The fourth-order valence-corrected chi connectivity index (χ4v) is 3.23. The van der Waals surface area contributed by atoms with Crippen molar-refractivity contribution in [3.63, 3.8) is 0 Å². The quantitative estimate of drug-likeness (QED) is 0.581. The fourth-order valence-electron chi connectivity index (χ4n) is 3.23.